The molecule has 0 spiro atoms. The van der Waals surface area contributed by atoms with Crippen LogP contribution in [0.5, 0.6) is 0 Å². The molecular weight excluding hydrogens is 252 g/mol. The number of aryl methyl sites for hydroxylation is 1. The average molecular weight is 266 g/mol. The molecular formula is C15H14N4O. The van der Waals surface area contributed by atoms with Gasteiger partial charge >= 0.3 is 0 Å². The second-order valence-corrected chi connectivity index (χ2v) is 4.55. The lowest BCUT2D eigenvalue weighted by molar-refractivity contribution is 0.0951. The molecule has 2 aromatic heterocycles. The van der Waals surface area contributed by atoms with E-state index in [2.05, 4.69) is 20.3 Å². The summed E-state index contributed by atoms with van der Waals surface area (Å²) in [5.41, 5.74) is 2.29. The number of carbonyl (C=O) groups excluding carboxylic acids is 1. The van der Waals surface area contributed by atoms with E-state index < -0.39 is 0 Å². The Bertz CT molecular complexity index is 750. The number of amides is 1. The number of para-hydroxylation sites is 1. The molecule has 3 rings (SSSR count). The molecule has 0 radical (unpaired) electrons. The van der Waals surface area contributed by atoms with Crippen LogP contribution in [-0.4, -0.2) is 20.9 Å². The summed E-state index contributed by atoms with van der Waals surface area (Å²) in [5.74, 6) is 0.608. The van der Waals surface area contributed by atoms with Crippen molar-refractivity contribution in [1.82, 2.24) is 20.3 Å². The number of benzene rings is 1. The van der Waals surface area contributed by atoms with E-state index in [-0.39, 0.29) is 5.91 Å². The largest absolute Gasteiger partial charge is 0.347 e. The number of nitrogens with zero attached hydrogens (tertiary/aromatic N) is 2. The third-order valence-corrected chi connectivity index (χ3v) is 3.06. The van der Waals surface area contributed by atoms with E-state index in [1.54, 1.807) is 18.5 Å². The van der Waals surface area contributed by atoms with Gasteiger partial charge in [0.05, 0.1) is 17.6 Å². The summed E-state index contributed by atoms with van der Waals surface area (Å²) in [7, 11) is 0. The highest BCUT2D eigenvalue weighted by molar-refractivity contribution is 6.06. The van der Waals surface area contributed by atoms with Crippen LogP contribution in [0.1, 0.15) is 21.9 Å². The van der Waals surface area contributed by atoms with Crippen LogP contribution >= 0.6 is 0 Å². The molecule has 0 aliphatic carbocycles. The molecule has 0 aliphatic rings. The van der Waals surface area contributed by atoms with E-state index in [1.807, 2.05) is 31.2 Å². The van der Waals surface area contributed by atoms with Crippen LogP contribution < -0.4 is 5.32 Å². The Morgan fingerprint density at radius 1 is 1.35 bits per heavy atom. The quantitative estimate of drug-likeness (QED) is 0.763. The zero-order chi connectivity index (χ0) is 13.9. The van der Waals surface area contributed by atoms with E-state index in [9.17, 15) is 4.79 Å². The molecule has 0 saturated heterocycles. The zero-order valence-electron chi connectivity index (χ0n) is 11.1. The third-order valence-electron chi connectivity index (χ3n) is 3.06. The second-order valence-electron chi connectivity index (χ2n) is 4.55. The van der Waals surface area contributed by atoms with Crippen molar-refractivity contribution in [2.24, 2.45) is 0 Å². The minimum atomic E-state index is -0.122. The number of hydrogen-bond acceptors (Lipinski definition) is 3. The number of nitrogens with one attached hydrogen (secondary N) is 2. The van der Waals surface area contributed by atoms with Crippen LogP contribution in [0.4, 0.5) is 0 Å². The van der Waals surface area contributed by atoms with Crippen molar-refractivity contribution >= 4 is 16.8 Å². The molecule has 2 heterocycles. The predicted octanol–water partition coefficient (Wildman–Crippen LogP) is 2.20. The van der Waals surface area contributed by atoms with Crippen molar-refractivity contribution in [3.05, 3.63) is 59.8 Å². The molecule has 5 nitrogen and oxygen atoms in total. The summed E-state index contributed by atoms with van der Waals surface area (Å²) in [6.07, 6.45) is 3.39. The second kappa shape index (κ2) is 5.13. The van der Waals surface area contributed by atoms with Crippen LogP contribution in [-0.2, 0) is 6.54 Å². The summed E-state index contributed by atoms with van der Waals surface area (Å²) < 4.78 is 0. The smallest absolute Gasteiger partial charge is 0.252 e. The fourth-order valence-electron chi connectivity index (χ4n) is 2.15. The van der Waals surface area contributed by atoms with Crippen molar-refractivity contribution in [3.8, 4) is 0 Å². The van der Waals surface area contributed by atoms with E-state index in [4.69, 9.17) is 0 Å². The van der Waals surface area contributed by atoms with Crippen molar-refractivity contribution in [2.45, 2.75) is 13.5 Å². The van der Waals surface area contributed by atoms with Gasteiger partial charge in [0.25, 0.3) is 5.91 Å². The third kappa shape index (κ3) is 2.38. The van der Waals surface area contributed by atoms with Crippen LogP contribution in [0.2, 0.25) is 0 Å². The molecule has 100 valence electrons. The molecule has 0 aliphatic heterocycles. The highest BCUT2D eigenvalue weighted by Crippen LogP contribution is 2.18. The van der Waals surface area contributed by atoms with Crippen LogP contribution in [0.25, 0.3) is 10.9 Å². The Kier molecular flexibility index (Phi) is 3.16. The van der Waals surface area contributed by atoms with E-state index >= 15 is 0 Å². The number of fused-ring (bicyclic) bond motifs is 1. The van der Waals surface area contributed by atoms with Crippen molar-refractivity contribution in [2.75, 3.05) is 0 Å². The van der Waals surface area contributed by atoms with Gasteiger partial charge in [-0.3, -0.25) is 9.78 Å². The number of H-pyrrole nitrogens is 1. The molecule has 5 heteroatoms. The summed E-state index contributed by atoms with van der Waals surface area (Å²) in [5, 5.41) is 3.72. The molecule has 1 amide bonds. The Morgan fingerprint density at radius 3 is 3.00 bits per heavy atom. The Labute approximate surface area is 116 Å². The van der Waals surface area contributed by atoms with Gasteiger partial charge < -0.3 is 10.3 Å². The van der Waals surface area contributed by atoms with Gasteiger partial charge in [-0.05, 0) is 19.1 Å². The molecule has 0 saturated carbocycles. The van der Waals surface area contributed by atoms with E-state index in [0.717, 1.165) is 22.4 Å². The van der Waals surface area contributed by atoms with E-state index in [1.165, 1.54) is 0 Å². The number of pyridine rings is 1. The van der Waals surface area contributed by atoms with Gasteiger partial charge in [0.1, 0.15) is 5.82 Å². The summed E-state index contributed by atoms with van der Waals surface area (Å²) in [4.78, 5) is 23.8. The monoisotopic (exact) mass is 266 g/mol. The van der Waals surface area contributed by atoms with E-state index in [0.29, 0.717) is 12.1 Å². The van der Waals surface area contributed by atoms with Crippen LogP contribution in [0.3, 0.4) is 0 Å². The molecule has 0 fully saturated rings. The highest BCUT2D eigenvalue weighted by atomic mass is 16.1. The van der Waals surface area contributed by atoms with Crippen molar-refractivity contribution < 1.29 is 4.79 Å². The van der Waals surface area contributed by atoms with Gasteiger partial charge in [0.15, 0.2) is 0 Å². The first kappa shape index (κ1) is 12.3. The number of carbonyl (C=O) groups is 1. The van der Waals surface area contributed by atoms with Gasteiger partial charge in [-0.15, -0.1) is 0 Å². The summed E-state index contributed by atoms with van der Waals surface area (Å²) in [6.45, 7) is 2.26. The minimum absolute atomic E-state index is 0.122. The molecule has 3 aromatic rings. The minimum Gasteiger partial charge on any atom is -0.347 e. The summed E-state index contributed by atoms with van der Waals surface area (Å²) in [6, 6.07) is 9.44. The van der Waals surface area contributed by atoms with Crippen molar-refractivity contribution in [3.63, 3.8) is 0 Å². The maximum atomic E-state index is 12.3. The van der Waals surface area contributed by atoms with Gasteiger partial charge in [-0.1, -0.05) is 18.2 Å². The Morgan fingerprint density at radius 2 is 2.20 bits per heavy atom. The van der Waals surface area contributed by atoms with Gasteiger partial charge in [-0.2, -0.15) is 0 Å². The highest BCUT2D eigenvalue weighted by Gasteiger charge is 2.11. The molecule has 2 N–H and O–H groups in total. The lowest BCUT2D eigenvalue weighted by Crippen LogP contribution is -2.23. The lowest BCUT2D eigenvalue weighted by Gasteiger charge is -2.08. The predicted molar refractivity (Wildman–Crippen MR) is 76.2 cm³/mol. The van der Waals surface area contributed by atoms with Crippen LogP contribution in [0, 0.1) is 6.92 Å². The van der Waals surface area contributed by atoms with Crippen molar-refractivity contribution in [1.29, 1.82) is 0 Å². The van der Waals surface area contributed by atoms with Gasteiger partial charge in [-0.25, -0.2) is 4.98 Å². The van der Waals surface area contributed by atoms with Crippen LogP contribution in [0.15, 0.2) is 42.7 Å². The maximum Gasteiger partial charge on any atom is 0.252 e. The number of rotatable bonds is 3. The molecule has 0 atom stereocenters. The number of aromatic nitrogens is 3. The molecule has 1 aromatic carbocycles. The number of aromatic amines is 1. The molecule has 0 bridgehead atoms. The fraction of sp³-hybridized carbons (Fsp3) is 0.133. The SMILES string of the molecule is Cc1cc(C(=O)NCc2ncc[nH]2)c2ccccc2n1. The first-order valence-corrected chi connectivity index (χ1v) is 6.37. The maximum absolute atomic E-state index is 12.3. The topological polar surface area (TPSA) is 70.7 Å². The van der Waals surface area contributed by atoms with Gasteiger partial charge in [0.2, 0.25) is 0 Å². The zero-order valence-corrected chi connectivity index (χ0v) is 11.1. The lowest BCUT2D eigenvalue weighted by atomic mass is 10.1. The fourth-order valence-corrected chi connectivity index (χ4v) is 2.15. The standard InChI is InChI=1S/C15H14N4O/c1-10-8-12(11-4-2-3-5-13(11)19-10)15(20)18-9-14-16-6-7-17-14/h2-8H,9H2,1H3,(H,16,17)(H,18,20). The Hall–Kier alpha value is -2.69. The Balaban J connectivity index is 1.90. The number of imidazole rings is 1. The normalized spacial score (nSPS) is 10.7. The first-order chi connectivity index (χ1) is 9.74. The number of hydrogen-bond donors (Lipinski definition) is 2. The molecule has 20 heavy (non-hydrogen) atoms. The van der Waals surface area contributed by atoms with Gasteiger partial charge in [0, 0.05) is 23.5 Å². The molecule has 0 unspecified atom stereocenters. The first-order valence-electron chi connectivity index (χ1n) is 6.37. The average Bonchev–Trinajstić information content (AvgIpc) is 2.97. The summed E-state index contributed by atoms with van der Waals surface area (Å²) >= 11 is 0.